The van der Waals surface area contributed by atoms with E-state index in [1.165, 1.54) is 18.3 Å². The predicted molar refractivity (Wildman–Crippen MR) is 60.1 cm³/mol. The van der Waals surface area contributed by atoms with E-state index < -0.39 is 15.6 Å². The van der Waals surface area contributed by atoms with Crippen molar-refractivity contribution < 1.29 is 13.5 Å². The van der Waals surface area contributed by atoms with Crippen LogP contribution in [0.3, 0.4) is 0 Å². The van der Waals surface area contributed by atoms with Crippen LogP contribution < -0.4 is 10.5 Å². The average molecular weight is 245 g/mol. The van der Waals surface area contributed by atoms with E-state index >= 15 is 0 Å². The van der Waals surface area contributed by atoms with Crippen molar-refractivity contribution >= 4 is 15.8 Å². The van der Waals surface area contributed by atoms with Gasteiger partial charge < -0.3 is 10.8 Å². The zero-order valence-electron chi connectivity index (χ0n) is 9.14. The summed E-state index contributed by atoms with van der Waals surface area (Å²) in [6, 6.07) is 2.76. The molecule has 0 radical (unpaired) electrons. The van der Waals surface area contributed by atoms with Crippen molar-refractivity contribution in [1.82, 2.24) is 9.71 Å². The molecular formula is C9H15N3O3S. The molecule has 0 aliphatic rings. The van der Waals surface area contributed by atoms with Gasteiger partial charge in [0.1, 0.15) is 10.7 Å². The van der Waals surface area contributed by atoms with Gasteiger partial charge in [0.05, 0.1) is 12.1 Å². The first-order valence-electron chi connectivity index (χ1n) is 4.63. The minimum absolute atomic E-state index is 0.0169. The Bertz CT molecular complexity index is 453. The standard InChI is InChI=1S/C9H15N3O3S/c1-9(2,6-13)12-16(14,15)7-3-4-8(10)11-5-7/h3-5,12-13H,6H2,1-2H3,(H2,10,11). The summed E-state index contributed by atoms with van der Waals surface area (Å²) in [7, 11) is -3.67. The first kappa shape index (κ1) is 12.9. The van der Waals surface area contributed by atoms with Gasteiger partial charge in [-0.3, -0.25) is 0 Å². The molecule has 0 saturated heterocycles. The molecule has 6 nitrogen and oxygen atoms in total. The number of hydrogen-bond acceptors (Lipinski definition) is 5. The molecule has 0 amide bonds. The molecule has 0 saturated carbocycles. The first-order chi connectivity index (χ1) is 7.27. The summed E-state index contributed by atoms with van der Waals surface area (Å²) in [5.74, 6) is 0.250. The van der Waals surface area contributed by atoms with Crippen LogP contribution in [0.2, 0.25) is 0 Å². The van der Waals surface area contributed by atoms with Gasteiger partial charge in [0.15, 0.2) is 0 Å². The number of aliphatic hydroxyl groups is 1. The van der Waals surface area contributed by atoms with Crippen molar-refractivity contribution in [3.63, 3.8) is 0 Å². The molecule has 4 N–H and O–H groups in total. The first-order valence-corrected chi connectivity index (χ1v) is 6.11. The number of nitrogens with zero attached hydrogens (tertiary/aromatic N) is 1. The van der Waals surface area contributed by atoms with Crippen LogP contribution in [0.1, 0.15) is 13.8 Å². The van der Waals surface area contributed by atoms with E-state index in [9.17, 15) is 8.42 Å². The van der Waals surface area contributed by atoms with Crippen molar-refractivity contribution in [1.29, 1.82) is 0 Å². The molecule has 1 aromatic heterocycles. The summed E-state index contributed by atoms with van der Waals surface area (Å²) in [6.45, 7) is 2.86. The molecule has 0 atom stereocenters. The third kappa shape index (κ3) is 3.16. The van der Waals surface area contributed by atoms with Crippen LogP contribution in [0.5, 0.6) is 0 Å². The molecule has 1 rings (SSSR count). The highest BCUT2D eigenvalue weighted by molar-refractivity contribution is 7.89. The Morgan fingerprint density at radius 3 is 2.56 bits per heavy atom. The lowest BCUT2D eigenvalue weighted by Crippen LogP contribution is -2.46. The molecule has 0 bridgehead atoms. The number of nitrogen functional groups attached to an aromatic ring is 1. The number of sulfonamides is 1. The van der Waals surface area contributed by atoms with Gasteiger partial charge in [-0.15, -0.1) is 0 Å². The van der Waals surface area contributed by atoms with Gasteiger partial charge in [-0.2, -0.15) is 0 Å². The van der Waals surface area contributed by atoms with Crippen LogP contribution in [-0.2, 0) is 10.0 Å². The van der Waals surface area contributed by atoms with Gasteiger partial charge >= 0.3 is 0 Å². The van der Waals surface area contributed by atoms with Gasteiger partial charge in [0, 0.05) is 6.20 Å². The van der Waals surface area contributed by atoms with E-state index in [0.717, 1.165) is 0 Å². The van der Waals surface area contributed by atoms with Gasteiger partial charge in [-0.25, -0.2) is 18.1 Å². The lowest BCUT2D eigenvalue weighted by Gasteiger charge is -2.22. The van der Waals surface area contributed by atoms with E-state index in [-0.39, 0.29) is 17.3 Å². The summed E-state index contributed by atoms with van der Waals surface area (Å²) in [6.07, 6.45) is 1.17. The maximum atomic E-state index is 11.8. The molecule has 16 heavy (non-hydrogen) atoms. The Balaban J connectivity index is 2.99. The number of aliphatic hydroxyl groups excluding tert-OH is 1. The lowest BCUT2D eigenvalue weighted by atomic mass is 10.1. The minimum atomic E-state index is -3.67. The monoisotopic (exact) mass is 245 g/mol. The van der Waals surface area contributed by atoms with Gasteiger partial charge in [-0.1, -0.05) is 0 Å². The molecular weight excluding hydrogens is 230 g/mol. The smallest absolute Gasteiger partial charge is 0.242 e. The SMILES string of the molecule is CC(C)(CO)NS(=O)(=O)c1ccc(N)nc1. The van der Waals surface area contributed by atoms with Crippen LogP contribution in [0.4, 0.5) is 5.82 Å². The van der Waals surface area contributed by atoms with Crippen molar-refractivity contribution in [2.45, 2.75) is 24.3 Å². The van der Waals surface area contributed by atoms with Crippen molar-refractivity contribution in [2.24, 2.45) is 0 Å². The molecule has 90 valence electrons. The van der Waals surface area contributed by atoms with Gasteiger partial charge in [-0.05, 0) is 26.0 Å². The van der Waals surface area contributed by atoms with Crippen LogP contribution in [-0.4, -0.2) is 30.7 Å². The second-order valence-corrected chi connectivity index (χ2v) is 5.75. The topological polar surface area (TPSA) is 105 Å². The average Bonchev–Trinajstić information content (AvgIpc) is 2.17. The molecule has 1 aromatic rings. The zero-order valence-corrected chi connectivity index (χ0v) is 9.95. The maximum absolute atomic E-state index is 11.8. The molecule has 0 aromatic carbocycles. The minimum Gasteiger partial charge on any atom is -0.394 e. The Kier molecular flexibility index (Phi) is 3.51. The second-order valence-electron chi connectivity index (χ2n) is 4.07. The van der Waals surface area contributed by atoms with E-state index in [2.05, 4.69) is 9.71 Å². The van der Waals surface area contributed by atoms with Crippen LogP contribution in [0.25, 0.3) is 0 Å². The van der Waals surface area contributed by atoms with Crippen LogP contribution >= 0.6 is 0 Å². The van der Waals surface area contributed by atoms with E-state index in [4.69, 9.17) is 10.8 Å². The quantitative estimate of drug-likeness (QED) is 0.676. The van der Waals surface area contributed by atoms with Crippen molar-refractivity contribution in [3.8, 4) is 0 Å². The number of nitrogens with two attached hydrogens (primary N) is 1. The second kappa shape index (κ2) is 4.36. The normalized spacial score (nSPS) is 12.7. The fraction of sp³-hybridized carbons (Fsp3) is 0.444. The number of hydrogen-bond donors (Lipinski definition) is 3. The molecule has 1 heterocycles. The lowest BCUT2D eigenvalue weighted by molar-refractivity contribution is 0.208. The highest BCUT2D eigenvalue weighted by Gasteiger charge is 2.25. The highest BCUT2D eigenvalue weighted by Crippen LogP contribution is 2.12. The number of pyridine rings is 1. The molecule has 0 unspecified atom stereocenters. The zero-order chi connectivity index (χ0) is 12.4. The Labute approximate surface area is 94.6 Å². The Morgan fingerprint density at radius 1 is 1.50 bits per heavy atom. The van der Waals surface area contributed by atoms with Crippen molar-refractivity contribution in [2.75, 3.05) is 12.3 Å². The van der Waals surface area contributed by atoms with E-state index in [0.29, 0.717) is 0 Å². The highest BCUT2D eigenvalue weighted by atomic mass is 32.2. The molecule has 0 fully saturated rings. The van der Waals surface area contributed by atoms with E-state index in [1.807, 2.05) is 0 Å². The molecule has 0 aliphatic carbocycles. The fourth-order valence-electron chi connectivity index (χ4n) is 1.01. The van der Waals surface area contributed by atoms with E-state index in [1.54, 1.807) is 13.8 Å². The number of anilines is 1. The predicted octanol–water partition coefficient (Wildman–Crippen LogP) is -0.287. The molecule has 0 spiro atoms. The van der Waals surface area contributed by atoms with Gasteiger partial charge in [0.2, 0.25) is 10.0 Å². The number of nitrogens with one attached hydrogen (secondary N) is 1. The van der Waals surface area contributed by atoms with Gasteiger partial charge in [0.25, 0.3) is 0 Å². The summed E-state index contributed by atoms with van der Waals surface area (Å²) >= 11 is 0. The molecule has 7 heteroatoms. The largest absolute Gasteiger partial charge is 0.394 e. The molecule has 0 aliphatic heterocycles. The third-order valence-electron chi connectivity index (χ3n) is 1.88. The van der Waals surface area contributed by atoms with Crippen LogP contribution in [0, 0.1) is 0 Å². The third-order valence-corrected chi connectivity index (χ3v) is 3.56. The fourth-order valence-corrected chi connectivity index (χ4v) is 2.35. The summed E-state index contributed by atoms with van der Waals surface area (Å²) < 4.78 is 26.0. The van der Waals surface area contributed by atoms with Crippen molar-refractivity contribution in [3.05, 3.63) is 18.3 Å². The number of aromatic nitrogens is 1. The summed E-state index contributed by atoms with van der Waals surface area (Å²) in [5.41, 5.74) is 4.44. The summed E-state index contributed by atoms with van der Waals surface area (Å²) in [5, 5.41) is 8.99. The number of rotatable bonds is 4. The maximum Gasteiger partial charge on any atom is 0.242 e. The Morgan fingerprint density at radius 2 is 2.12 bits per heavy atom. The Hall–Kier alpha value is -1.18. The summed E-state index contributed by atoms with van der Waals surface area (Å²) in [4.78, 5) is 3.71. The van der Waals surface area contributed by atoms with Crippen LogP contribution in [0.15, 0.2) is 23.2 Å².